The van der Waals surface area contributed by atoms with Gasteiger partial charge in [-0.3, -0.25) is 4.68 Å². The monoisotopic (exact) mass is 157 g/mol. The van der Waals surface area contributed by atoms with Crippen molar-refractivity contribution in [2.75, 3.05) is 6.54 Å². The first-order chi connectivity index (χ1) is 5.38. The predicted octanol–water partition coefficient (Wildman–Crippen LogP) is 0.701. The number of aromatic nitrogens is 2. The van der Waals surface area contributed by atoms with Gasteiger partial charge in [0.2, 0.25) is 0 Å². The van der Waals surface area contributed by atoms with Crippen molar-refractivity contribution >= 4 is 0 Å². The largest absolute Gasteiger partial charge is 0.330 e. The van der Waals surface area contributed by atoms with E-state index in [1.54, 1.807) is 16.9 Å². The minimum absolute atomic E-state index is 0.454. The van der Waals surface area contributed by atoms with Crippen LogP contribution in [0.15, 0.2) is 12.3 Å². The SMILES string of the molecule is NCCCn1nccc1CF. The maximum atomic E-state index is 12.2. The molecule has 0 aromatic carbocycles. The highest BCUT2D eigenvalue weighted by atomic mass is 19.1. The fourth-order valence-electron chi connectivity index (χ4n) is 0.916. The summed E-state index contributed by atoms with van der Waals surface area (Å²) < 4.78 is 13.8. The predicted molar refractivity (Wildman–Crippen MR) is 40.7 cm³/mol. The zero-order valence-corrected chi connectivity index (χ0v) is 6.33. The molecule has 11 heavy (non-hydrogen) atoms. The third-order valence-corrected chi connectivity index (χ3v) is 1.52. The van der Waals surface area contributed by atoms with Gasteiger partial charge in [-0.2, -0.15) is 5.10 Å². The number of halogens is 1. The minimum Gasteiger partial charge on any atom is -0.330 e. The van der Waals surface area contributed by atoms with Gasteiger partial charge in [-0.15, -0.1) is 0 Å². The molecule has 1 aromatic heterocycles. The highest BCUT2D eigenvalue weighted by Crippen LogP contribution is 2.00. The van der Waals surface area contributed by atoms with Crippen molar-refractivity contribution in [2.24, 2.45) is 5.73 Å². The second-order valence-electron chi connectivity index (χ2n) is 2.32. The average molecular weight is 157 g/mol. The smallest absolute Gasteiger partial charge is 0.131 e. The summed E-state index contributed by atoms with van der Waals surface area (Å²) in [6, 6.07) is 1.68. The minimum atomic E-state index is -0.454. The van der Waals surface area contributed by atoms with Crippen LogP contribution in [0.3, 0.4) is 0 Å². The highest BCUT2D eigenvalue weighted by molar-refractivity contribution is 4.98. The summed E-state index contributed by atoms with van der Waals surface area (Å²) in [5, 5.41) is 3.95. The summed E-state index contributed by atoms with van der Waals surface area (Å²) in [5.41, 5.74) is 5.93. The van der Waals surface area contributed by atoms with E-state index in [0.29, 0.717) is 18.8 Å². The van der Waals surface area contributed by atoms with E-state index in [9.17, 15) is 4.39 Å². The van der Waals surface area contributed by atoms with E-state index in [1.165, 1.54) is 0 Å². The first kappa shape index (κ1) is 8.20. The molecule has 0 saturated carbocycles. The van der Waals surface area contributed by atoms with Crippen molar-refractivity contribution in [3.05, 3.63) is 18.0 Å². The lowest BCUT2D eigenvalue weighted by Crippen LogP contribution is -2.08. The number of hydrogen-bond acceptors (Lipinski definition) is 2. The van der Waals surface area contributed by atoms with E-state index in [0.717, 1.165) is 6.42 Å². The molecule has 1 heterocycles. The molecule has 3 nitrogen and oxygen atoms in total. The zero-order valence-electron chi connectivity index (χ0n) is 6.33. The lowest BCUT2D eigenvalue weighted by atomic mass is 10.4. The van der Waals surface area contributed by atoms with E-state index >= 15 is 0 Å². The zero-order chi connectivity index (χ0) is 8.10. The molecule has 0 saturated heterocycles. The Morgan fingerprint density at radius 1 is 1.64 bits per heavy atom. The van der Waals surface area contributed by atoms with Gasteiger partial charge in [0.05, 0.1) is 5.69 Å². The van der Waals surface area contributed by atoms with E-state index < -0.39 is 6.67 Å². The maximum absolute atomic E-state index is 12.2. The van der Waals surface area contributed by atoms with Crippen LogP contribution in [0.1, 0.15) is 12.1 Å². The highest BCUT2D eigenvalue weighted by Gasteiger charge is 1.99. The number of nitrogens with zero attached hydrogens (tertiary/aromatic N) is 2. The molecule has 0 amide bonds. The fraction of sp³-hybridized carbons (Fsp3) is 0.571. The quantitative estimate of drug-likeness (QED) is 0.699. The number of rotatable bonds is 4. The van der Waals surface area contributed by atoms with Crippen LogP contribution in [0, 0.1) is 0 Å². The van der Waals surface area contributed by atoms with Gasteiger partial charge in [0.25, 0.3) is 0 Å². The molecule has 0 fully saturated rings. The molecule has 0 spiro atoms. The summed E-state index contributed by atoms with van der Waals surface area (Å²) in [6.45, 7) is 0.874. The van der Waals surface area contributed by atoms with Gasteiger partial charge in [-0.25, -0.2) is 4.39 Å². The second kappa shape index (κ2) is 4.08. The maximum Gasteiger partial charge on any atom is 0.131 e. The number of nitrogens with two attached hydrogens (primary N) is 1. The molecular formula is C7H12FN3. The van der Waals surface area contributed by atoms with E-state index in [2.05, 4.69) is 5.10 Å². The third kappa shape index (κ3) is 2.01. The fourth-order valence-corrected chi connectivity index (χ4v) is 0.916. The number of alkyl halides is 1. The van der Waals surface area contributed by atoms with E-state index in [4.69, 9.17) is 5.73 Å². The normalized spacial score (nSPS) is 10.4. The van der Waals surface area contributed by atoms with Crippen LogP contribution in [0.25, 0.3) is 0 Å². The first-order valence-corrected chi connectivity index (χ1v) is 3.65. The second-order valence-corrected chi connectivity index (χ2v) is 2.32. The van der Waals surface area contributed by atoms with Crippen molar-refractivity contribution in [3.8, 4) is 0 Å². The molecule has 0 bridgehead atoms. The van der Waals surface area contributed by atoms with Crippen molar-refractivity contribution in [2.45, 2.75) is 19.6 Å². The Hall–Kier alpha value is -0.900. The Labute approximate surface area is 65.0 Å². The van der Waals surface area contributed by atoms with Crippen molar-refractivity contribution < 1.29 is 4.39 Å². The summed E-state index contributed by atoms with van der Waals surface area (Å²) in [5.74, 6) is 0. The van der Waals surface area contributed by atoms with Crippen LogP contribution in [-0.4, -0.2) is 16.3 Å². The van der Waals surface area contributed by atoms with Crippen molar-refractivity contribution in [1.82, 2.24) is 9.78 Å². The van der Waals surface area contributed by atoms with Gasteiger partial charge in [-0.05, 0) is 19.0 Å². The number of hydrogen-bond donors (Lipinski definition) is 1. The van der Waals surface area contributed by atoms with Crippen LogP contribution in [-0.2, 0) is 13.2 Å². The Kier molecular flexibility index (Phi) is 3.04. The van der Waals surface area contributed by atoms with Crippen molar-refractivity contribution in [1.29, 1.82) is 0 Å². The molecule has 1 rings (SSSR count). The Bertz CT molecular complexity index is 209. The van der Waals surface area contributed by atoms with E-state index in [-0.39, 0.29) is 0 Å². The van der Waals surface area contributed by atoms with Crippen LogP contribution in [0.5, 0.6) is 0 Å². The van der Waals surface area contributed by atoms with Gasteiger partial charge < -0.3 is 5.73 Å². The van der Waals surface area contributed by atoms with Crippen molar-refractivity contribution in [3.63, 3.8) is 0 Å². The molecule has 2 N–H and O–H groups in total. The lowest BCUT2D eigenvalue weighted by Gasteiger charge is -2.02. The van der Waals surface area contributed by atoms with Gasteiger partial charge in [-0.1, -0.05) is 0 Å². The van der Waals surface area contributed by atoms with Gasteiger partial charge in [0.15, 0.2) is 0 Å². The van der Waals surface area contributed by atoms with Crippen LogP contribution in [0.2, 0.25) is 0 Å². The topological polar surface area (TPSA) is 43.8 Å². The van der Waals surface area contributed by atoms with E-state index in [1.807, 2.05) is 0 Å². The Morgan fingerprint density at radius 3 is 3.09 bits per heavy atom. The molecule has 1 aromatic rings. The van der Waals surface area contributed by atoms with Gasteiger partial charge >= 0.3 is 0 Å². The molecule has 0 unspecified atom stereocenters. The van der Waals surface area contributed by atoms with Gasteiger partial charge in [0, 0.05) is 12.7 Å². The Balaban J connectivity index is 2.54. The van der Waals surface area contributed by atoms with Gasteiger partial charge in [0.1, 0.15) is 6.67 Å². The summed E-state index contributed by atoms with van der Waals surface area (Å²) in [6.07, 6.45) is 2.44. The standard InChI is InChI=1S/C7H12FN3/c8-6-7-2-4-10-11(7)5-1-3-9/h2,4H,1,3,5-6,9H2. The summed E-state index contributed by atoms with van der Waals surface area (Å²) in [4.78, 5) is 0. The molecular weight excluding hydrogens is 145 g/mol. The average Bonchev–Trinajstić information content (AvgIpc) is 2.47. The number of aryl methyl sites for hydroxylation is 1. The third-order valence-electron chi connectivity index (χ3n) is 1.52. The van der Waals surface area contributed by atoms with Crippen LogP contribution >= 0.6 is 0 Å². The molecule has 4 heteroatoms. The molecule has 0 atom stereocenters. The first-order valence-electron chi connectivity index (χ1n) is 3.65. The summed E-state index contributed by atoms with van der Waals surface area (Å²) in [7, 11) is 0. The molecule has 0 aliphatic carbocycles. The molecule has 62 valence electrons. The molecule has 0 aliphatic heterocycles. The summed E-state index contributed by atoms with van der Waals surface area (Å²) >= 11 is 0. The van der Waals surface area contributed by atoms with Crippen LogP contribution in [0.4, 0.5) is 4.39 Å². The van der Waals surface area contributed by atoms with Crippen LogP contribution < -0.4 is 5.73 Å². The Morgan fingerprint density at radius 2 is 2.45 bits per heavy atom. The lowest BCUT2D eigenvalue weighted by molar-refractivity contribution is 0.440. The molecule has 0 aliphatic rings. The molecule has 0 radical (unpaired) electrons.